The molecular formula is C20H14N2O3S. The number of rotatable bonds is 2. The number of benzene rings is 3. The monoisotopic (exact) mass is 362 g/mol. The van der Waals surface area contributed by atoms with Gasteiger partial charge in [0.05, 0.1) is 29.3 Å². The predicted octanol–water partition coefficient (Wildman–Crippen LogP) is 3.99. The number of nitrogens with one attached hydrogen (secondary N) is 1. The lowest BCUT2D eigenvalue weighted by Gasteiger charge is -2.12. The van der Waals surface area contributed by atoms with Crippen molar-refractivity contribution in [1.82, 2.24) is 9.55 Å². The normalized spacial score (nSPS) is 11.0. The minimum atomic E-state index is -0.527. The van der Waals surface area contributed by atoms with Crippen LogP contribution in [0, 0.1) is 4.77 Å². The van der Waals surface area contributed by atoms with Crippen LogP contribution in [0.25, 0.3) is 27.4 Å². The lowest BCUT2D eigenvalue weighted by Crippen LogP contribution is -2.22. The molecule has 0 fully saturated rings. The quantitative estimate of drug-likeness (QED) is 0.333. The Kier molecular flexibility index (Phi) is 3.89. The maximum atomic E-state index is 13.2. The highest BCUT2D eigenvalue weighted by Gasteiger charge is 2.16. The van der Waals surface area contributed by atoms with Gasteiger partial charge < -0.3 is 9.72 Å². The van der Waals surface area contributed by atoms with Crippen molar-refractivity contribution in [2.24, 2.45) is 0 Å². The fourth-order valence-electron chi connectivity index (χ4n) is 3.07. The van der Waals surface area contributed by atoms with E-state index in [2.05, 4.69) is 4.98 Å². The molecule has 3 aromatic carbocycles. The number of fused-ring (bicyclic) bond motifs is 2. The smallest absolute Gasteiger partial charge is 0.339 e. The van der Waals surface area contributed by atoms with E-state index in [1.807, 2.05) is 36.4 Å². The first-order valence-electron chi connectivity index (χ1n) is 7.95. The zero-order valence-electron chi connectivity index (χ0n) is 13.9. The van der Waals surface area contributed by atoms with E-state index in [1.165, 1.54) is 11.7 Å². The number of ether oxygens (including phenoxy) is 1. The summed E-state index contributed by atoms with van der Waals surface area (Å²) in [5.74, 6) is -0.527. The molecule has 6 heteroatoms. The Balaban J connectivity index is 2.09. The number of aromatic amines is 1. The number of aromatic nitrogens is 2. The van der Waals surface area contributed by atoms with Gasteiger partial charge >= 0.3 is 5.97 Å². The summed E-state index contributed by atoms with van der Waals surface area (Å²) in [7, 11) is 1.30. The van der Waals surface area contributed by atoms with Crippen molar-refractivity contribution < 1.29 is 9.53 Å². The van der Waals surface area contributed by atoms with Gasteiger partial charge in [-0.1, -0.05) is 36.4 Å². The number of methoxy groups -OCH3 is 1. The van der Waals surface area contributed by atoms with Crippen LogP contribution >= 0.6 is 12.2 Å². The summed E-state index contributed by atoms with van der Waals surface area (Å²) in [6.45, 7) is 0. The Morgan fingerprint density at radius 1 is 1.04 bits per heavy atom. The van der Waals surface area contributed by atoms with Crippen molar-refractivity contribution in [2.75, 3.05) is 7.11 Å². The molecule has 0 saturated carbocycles. The van der Waals surface area contributed by atoms with E-state index in [0.29, 0.717) is 16.6 Å². The Morgan fingerprint density at radius 3 is 2.42 bits per heavy atom. The molecule has 0 radical (unpaired) electrons. The molecule has 1 heterocycles. The first-order chi connectivity index (χ1) is 12.6. The van der Waals surface area contributed by atoms with E-state index in [1.54, 1.807) is 24.3 Å². The summed E-state index contributed by atoms with van der Waals surface area (Å²) in [4.78, 5) is 28.4. The number of hydrogen-bond acceptors (Lipinski definition) is 4. The van der Waals surface area contributed by atoms with Gasteiger partial charge in [-0.05, 0) is 47.3 Å². The van der Waals surface area contributed by atoms with Crippen LogP contribution in [0.1, 0.15) is 10.4 Å². The summed E-state index contributed by atoms with van der Waals surface area (Å²) in [5.41, 5.74) is 1.04. The highest BCUT2D eigenvalue weighted by molar-refractivity contribution is 7.71. The SMILES string of the molecule is COC(=O)c1ccccc1-n1c(=S)[nH]c2cc3ccccc3cc2c1=O. The van der Waals surface area contributed by atoms with Crippen LogP contribution < -0.4 is 5.56 Å². The van der Waals surface area contributed by atoms with Crippen LogP contribution in [-0.2, 0) is 4.74 Å². The van der Waals surface area contributed by atoms with Crippen LogP contribution in [0.3, 0.4) is 0 Å². The van der Waals surface area contributed by atoms with Gasteiger partial charge in [0.2, 0.25) is 0 Å². The molecule has 26 heavy (non-hydrogen) atoms. The molecule has 128 valence electrons. The van der Waals surface area contributed by atoms with Gasteiger partial charge in [0.1, 0.15) is 0 Å². The van der Waals surface area contributed by atoms with E-state index in [-0.39, 0.29) is 15.9 Å². The molecule has 0 unspecified atom stereocenters. The lowest BCUT2D eigenvalue weighted by atomic mass is 10.1. The molecule has 0 saturated heterocycles. The maximum absolute atomic E-state index is 13.2. The largest absolute Gasteiger partial charge is 0.465 e. The molecule has 0 spiro atoms. The zero-order chi connectivity index (χ0) is 18.3. The average Bonchev–Trinajstić information content (AvgIpc) is 2.66. The van der Waals surface area contributed by atoms with Crippen molar-refractivity contribution in [1.29, 1.82) is 0 Å². The maximum Gasteiger partial charge on any atom is 0.339 e. The molecular weight excluding hydrogens is 348 g/mol. The number of carbonyl (C=O) groups excluding carboxylic acids is 1. The molecule has 4 aromatic rings. The van der Waals surface area contributed by atoms with Crippen LogP contribution in [0.4, 0.5) is 0 Å². The molecule has 1 aromatic heterocycles. The third-order valence-electron chi connectivity index (χ3n) is 4.31. The number of carbonyl (C=O) groups is 1. The molecule has 0 amide bonds. The first kappa shape index (κ1) is 16.2. The molecule has 0 aliphatic carbocycles. The van der Waals surface area contributed by atoms with E-state index in [4.69, 9.17) is 17.0 Å². The number of nitrogens with zero attached hydrogens (tertiary/aromatic N) is 1. The molecule has 0 bridgehead atoms. The van der Waals surface area contributed by atoms with Crippen molar-refractivity contribution in [2.45, 2.75) is 0 Å². The van der Waals surface area contributed by atoms with Crippen LogP contribution in [-0.4, -0.2) is 22.6 Å². The molecule has 0 atom stereocenters. The van der Waals surface area contributed by atoms with Crippen molar-refractivity contribution in [3.63, 3.8) is 0 Å². The van der Waals surface area contributed by atoms with Crippen LogP contribution in [0.5, 0.6) is 0 Å². The van der Waals surface area contributed by atoms with Gasteiger partial charge in [0.25, 0.3) is 5.56 Å². The summed E-state index contributed by atoms with van der Waals surface area (Å²) < 4.78 is 6.37. The highest BCUT2D eigenvalue weighted by Crippen LogP contribution is 2.21. The Morgan fingerprint density at radius 2 is 1.69 bits per heavy atom. The minimum absolute atomic E-state index is 0.217. The Hall–Kier alpha value is -3.25. The molecule has 0 aliphatic rings. The summed E-state index contributed by atoms with van der Waals surface area (Å²) in [5, 5.41) is 2.46. The predicted molar refractivity (Wildman–Crippen MR) is 104 cm³/mol. The third kappa shape index (κ3) is 2.51. The van der Waals surface area contributed by atoms with E-state index < -0.39 is 5.97 Å². The molecule has 0 aliphatic heterocycles. The van der Waals surface area contributed by atoms with Gasteiger partial charge in [0, 0.05) is 0 Å². The van der Waals surface area contributed by atoms with Gasteiger partial charge in [-0.2, -0.15) is 0 Å². The van der Waals surface area contributed by atoms with Crippen molar-refractivity contribution >= 4 is 39.9 Å². The van der Waals surface area contributed by atoms with Gasteiger partial charge in [-0.25, -0.2) is 4.79 Å². The molecule has 4 rings (SSSR count). The van der Waals surface area contributed by atoms with E-state index >= 15 is 0 Å². The second-order valence-electron chi connectivity index (χ2n) is 5.82. The Bertz CT molecular complexity index is 1290. The van der Waals surface area contributed by atoms with Gasteiger partial charge in [-0.3, -0.25) is 9.36 Å². The van der Waals surface area contributed by atoms with E-state index in [9.17, 15) is 9.59 Å². The standard InChI is InChI=1S/C20H14N2O3S/c1-25-19(24)14-8-4-5-9-17(14)22-18(23)15-10-12-6-2-3-7-13(12)11-16(15)21-20(22)26/h2-11H,1H3,(H,21,26). The number of esters is 1. The summed E-state index contributed by atoms with van der Waals surface area (Å²) in [6, 6.07) is 18.2. The topological polar surface area (TPSA) is 64.1 Å². The lowest BCUT2D eigenvalue weighted by molar-refractivity contribution is 0.0600. The number of H-pyrrole nitrogens is 1. The van der Waals surface area contributed by atoms with Gasteiger partial charge in [0.15, 0.2) is 4.77 Å². The van der Waals surface area contributed by atoms with Crippen molar-refractivity contribution in [3.8, 4) is 5.69 Å². The molecule has 1 N–H and O–H groups in total. The van der Waals surface area contributed by atoms with Crippen LogP contribution in [0.2, 0.25) is 0 Å². The zero-order valence-corrected chi connectivity index (χ0v) is 14.7. The fraction of sp³-hybridized carbons (Fsp3) is 0.0500. The average molecular weight is 362 g/mol. The summed E-state index contributed by atoms with van der Waals surface area (Å²) >= 11 is 5.41. The second-order valence-corrected chi connectivity index (χ2v) is 6.21. The highest BCUT2D eigenvalue weighted by atomic mass is 32.1. The van der Waals surface area contributed by atoms with Crippen molar-refractivity contribution in [3.05, 3.63) is 81.4 Å². The van der Waals surface area contributed by atoms with Gasteiger partial charge in [-0.15, -0.1) is 0 Å². The van der Waals surface area contributed by atoms with Crippen LogP contribution in [0.15, 0.2) is 65.5 Å². The second kappa shape index (κ2) is 6.24. The molecule has 5 nitrogen and oxygen atoms in total. The first-order valence-corrected chi connectivity index (χ1v) is 8.36. The van der Waals surface area contributed by atoms with E-state index in [0.717, 1.165) is 10.8 Å². The number of hydrogen-bond donors (Lipinski definition) is 1. The Labute approximate surface area is 153 Å². The third-order valence-corrected chi connectivity index (χ3v) is 4.60. The minimum Gasteiger partial charge on any atom is -0.465 e. The fourth-order valence-corrected chi connectivity index (χ4v) is 3.37. The summed E-state index contributed by atoms with van der Waals surface area (Å²) in [6.07, 6.45) is 0. The number of para-hydroxylation sites is 1.